The molecule has 1 aliphatic rings. The van der Waals surface area contributed by atoms with Gasteiger partial charge < -0.3 is 15.4 Å². The van der Waals surface area contributed by atoms with E-state index in [4.69, 9.17) is 0 Å². The van der Waals surface area contributed by atoms with E-state index in [1.165, 1.54) is 12.1 Å². The Labute approximate surface area is 156 Å². The minimum atomic E-state index is -0.491. The molecule has 2 atom stereocenters. The minimum absolute atomic E-state index is 0.210. The Kier molecular flexibility index (Phi) is 4.90. The van der Waals surface area contributed by atoms with Crippen LogP contribution in [0, 0.1) is 5.82 Å². The SMILES string of the molecule is O=C(N[C@H]1CCCC[C@@H]1O)c1c[nH]c2ccc(Cc3ccc(F)cc3)nc12. The summed E-state index contributed by atoms with van der Waals surface area (Å²) in [5, 5.41) is 13.0. The molecule has 0 unspecified atom stereocenters. The molecule has 5 nitrogen and oxygen atoms in total. The van der Waals surface area contributed by atoms with E-state index in [9.17, 15) is 14.3 Å². The molecule has 0 aliphatic heterocycles. The standard InChI is InChI=1S/C21H22FN3O2/c22-14-7-5-13(6-8-14)11-15-9-10-18-20(24-15)16(12-23-18)21(27)25-17-3-1-2-4-19(17)26/h5-10,12,17,19,23,26H,1-4,11H2,(H,25,27)/t17-,19-/m0/s1. The van der Waals surface area contributed by atoms with Crippen LogP contribution in [0.3, 0.4) is 0 Å². The van der Waals surface area contributed by atoms with Crippen molar-refractivity contribution in [1.82, 2.24) is 15.3 Å². The van der Waals surface area contributed by atoms with Gasteiger partial charge in [-0.25, -0.2) is 4.39 Å². The number of benzene rings is 1. The average Bonchev–Trinajstić information content (AvgIpc) is 3.09. The number of nitrogens with one attached hydrogen (secondary N) is 2. The summed E-state index contributed by atoms with van der Waals surface area (Å²) in [7, 11) is 0. The van der Waals surface area contributed by atoms with Crippen molar-refractivity contribution in [3.05, 3.63) is 65.2 Å². The van der Waals surface area contributed by atoms with Crippen molar-refractivity contribution in [3.8, 4) is 0 Å². The van der Waals surface area contributed by atoms with Crippen molar-refractivity contribution in [1.29, 1.82) is 0 Å². The first-order chi connectivity index (χ1) is 13.1. The topological polar surface area (TPSA) is 78.0 Å². The summed E-state index contributed by atoms with van der Waals surface area (Å²) in [5.74, 6) is -0.490. The first kappa shape index (κ1) is 17.7. The van der Waals surface area contributed by atoms with Crippen LogP contribution in [0.2, 0.25) is 0 Å². The predicted molar refractivity (Wildman–Crippen MR) is 101 cm³/mol. The number of amides is 1. The van der Waals surface area contributed by atoms with Crippen LogP contribution in [0.4, 0.5) is 4.39 Å². The molecule has 0 saturated heterocycles. The lowest BCUT2D eigenvalue weighted by Crippen LogP contribution is -2.45. The molecule has 2 aromatic heterocycles. The van der Waals surface area contributed by atoms with E-state index >= 15 is 0 Å². The third kappa shape index (κ3) is 3.85. The number of aliphatic hydroxyl groups is 1. The van der Waals surface area contributed by atoms with Gasteiger partial charge in [-0.3, -0.25) is 9.78 Å². The Morgan fingerprint density at radius 3 is 2.74 bits per heavy atom. The number of nitrogens with zero attached hydrogens (tertiary/aromatic N) is 1. The van der Waals surface area contributed by atoms with E-state index in [0.717, 1.165) is 42.5 Å². The Hall–Kier alpha value is -2.73. The van der Waals surface area contributed by atoms with E-state index in [2.05, 4.69) is 15.3 Å². The molecular weight excluding hydrogens is 345 g/mol. The summed E-state index contributed by atoms with van der Waals surface area (Å²) in [6, 6.07) is 9.91. The maximum absolute atomic E-state index is 13.1. The highest BCUT2D eigenvalue weighted by Crippen LogP contribution is 2.21. The van der Waals surface area contributed by atoms with Gasteiger partial charge in [-0.05, 0) is 42.7 Å². The normalized spacial score (nSPS) is 19.9. The number of carbonyl (C=O) groups excluding carboxylic acids is 1. The van der Waals surface area contributed by atoms with Crippen LogP contribution in [-0.4, -0.2) is 33.1 Å². The fourth-order valence-corrected chi connectivity index (χ4v) is 3.65. The molecule has 27 heavy (non-hydrogen) atoms. The van der Waals surface area contributed by atoms with Crippen LogP contribution in [0.1, 0.15) is 47.3 Å². The molecule has 1 fully saturated rings. The molecule has 1 aliphatic carbocycles. The molecular formula is C21H22FN3O2. The summed E-state index contributed by atoms with van der Waals surface area (Å²) >= 11 is 0. The second-order valence-corrected chi connectivity index (χ2v) is 7.14. The molecule has 3 aromatic rings. The Morgan fingerprint density at radius 1 is 1.19 bits per heavy atom. The van der Waals surface area contributed by atoms with Crippen LogP contribution >= 0.6 is 0 Å². The van der Waals surface area contributed by atoms with Crippen molar-refractivity contribution in [2.75, 3.05) is 0 Å². The number of halogens is 1. The maximum Gasteiger partial charge on any atom is 0.255 e. The van der Waals surface area contributed by atoms with Crippen molar-refractivity contribution in [2.24, 2.45) is 0 Å². The van der Waals surface area contributed by atoms with Crippen molar-refractivity contribution in [2.45, 2.75) is 44.2 Å². The van der Waals surface area contributed by atoms with Gasteiger partial charge in [0.2, 0.25) is 0 Å². The van der Waals surface area contributed by atoms with Crippen LogP contribution in [-0.2, 0) is 6.42 Å². The highest BCUT2D eigenvalue weighted by atomic mass is 19.1. The van der Waals surface area contributed by atoms with E-state index in [1.54, 1.807) is 18.3 Å². The van der Waals surface area contributed by atoms with Gasteiger partial charge in [-0.15, -0.1) is 0 Å². The number of pyridine rings is 1. The second-order valence-electron chi connectivity index (χ2n) is 7.14. The second kappa shape index (κ2) is 7.48. The van der Waals surface area contributed by atoms with Crippen molar-refractivity contribution in [3.63, 3.8) is 0 Å². The Balaban J connectivity index is 1.56. The van der Waals surface area contributed by atoms with E-state index in [-0.39, 0.29) is 17.8 Å². The number of carbonyl (C=O) groups is 1. The largest absolute Gasteiger partial charge is 0.391 e. The van der Waals surface area contributed by atoms with Gasteiger partial charge >= 0.3 is 0 Å². The van der Waals surface area contributed by atoms with Gasteiger partial charge in [0.15, 0.2) is 0 Å². The van der Waals surface area contributed by atoms with Gasteiger partial charge in [0.05, 0.1) is 23.2 Å². The third-order valence-electron chi connectivity index (χ3n) is 5.17. The number of aromatic amines is 1. The smallest absolute Gasteiger partial charge is 0.255 e. The quantitative estimate of drug-likeness (QED) is 0.662. The lowest BCUT2D eigenvalue weighted by Gasteiger charge is -2.28. The van der Waals surface area contributed by atoms with E-state index in [0.29, 0.717) is 17.5 Å². The Bertz CT molecular complexity index is 952. The first-order valence-electron chi connectivity index (χ1n) is 9.30. The molecule has 2 heterocycles. The minimum Gasteiger partial charge on any atom is -0.391 e. The molecule has 0 radical (unpaired) electrons. The summed E-state index contributed by atoms with van der Waals surface area (Å²) < 4.78 is 13.1. The molecule has 6 heteroatoms. The number of aromatic nitrogens is 2. The Morgan fingerprint density at radius 2 is 1.96 bits per heavy atom. The monoisotopic (exact) mass is 367 g/mol. The number of fused-ring (bicyclic) bond motifs is 1. The third-order valence-corrected chi connectivity index (χ3v) is 5.17. The zero-order valence-electron chi connectivity index (χ0n) is 14.9. The number of hydrogen-bond acceptors (Lipinski definition) is 3. The van der Waals surface area contributed by atoms with Gasteiger partial charge in [0.25, 0.3) is 5.91 Å². The number of hydrogen-bond donors (Lipinski definition) is 3. The van der Waals surface area contributed by atoms with E-state index in [1.807, 2.05) is 12.1 Å². The number of rotatable bonds is 4. The van der Waals surface area contributed by atoms with Crippen molar-refractivity contribution < 1.29 is 14.3 Å². The zero-order valence-corrected chi connectivity index (χ0v) is 14.9. The number of aliphatic hydroxyl groups excluding tert-OH is 1. The molecule has 1 aromatic carbocycles. The predicted octanol–water partition coefficient (Wildman–Crippen LogP) is 3.33. The zero-order chi connectivity index (χ0) is 18.8. The summed E-state index contributed by atoms with van der Waals surface area (Å²) in [4.78, 5) is 20.4. The van der Waals surface area contributed by atoms with Crippen LogP contribution in [0.25, 0.3) is 11.0 Å². The molecule has 1 saturated carbocycles. The molecule has 140 valence electrons. The van der Waals surface area contributed by atoms with Crippen LogP contribution in [0.15, 0.2) is 42.6 Å². The first-order valence-corrected chi connectivity index (χ1v) is 9.30. The molecule has 0 spiro atoms. The van der Waals surface area contributed by atoms with E-state index < -0.39 is 6.10 Å². The highest BCUT2D eigenvalue weighted by molar-refractivity contribution is 6.05. The molecule has 1 amide bonds. The average molecular weight is 367 g/mol. The van der Waals surface area contributed by atoms with Gasteiger partial charge in [0.1, 0.15) is 11.3 Å². The fraction of sp³-hybridized carbons (Fsp3) is 0.333. The maximum atomic E-state index is 13.1. The highest BCUT2D eigenvalue weighted by Gasteiger charge is 2.26. The fourth-order valence-electron chi connectivity index (χ4n) is 3.65. The van der Waals surface area contributed by atoms with Gasteiger partial charge in [0, 0.05) is 18.3 Å². The number of H-pyrrole nitrogens is 1. The summed E-state index contributed by atoms with van der Waals surface area (Å²) in [6.07, 6.45) is 5.24. The summed E-state index contributed by atoms with van der Waals surface area (Å²) in [6.45, 7) is 0. The lowest BCUT2D eigenvalue weighted by molar-refractivity contribution is 0.0718. The van der Waals surface area contributed by atoms with Crippen LogP contribution < -0.4 is 5.32 Å². The lowest BCUT2D eigenvalue weighted by atomic mass is 9.92. The van der Waals surface area contributed by atoms with Gasteiger partial charge in [-0.1, -0.05) is 25.0 Å². The molecule has 4 rings (SSSR count). The van der Waals surface area contributed by atoms with Crippen LogP contribution in [0.5, 0.6) is 0 Å². The van der Waals surface area contributed by atoms with Crippen molar-refractivity contribution >= 4 is 16.9 Å². The van der Waals surface area contributed by atoms with Gasteiger partial charge in [-0.2, -0.15) is 0 Å². The molecule has 3 N–H and O–H groups in total. The molecule has 0 bridgehead atoms. The summed E-state index contributed by atoms with van der Waals surface area (Å²) in [5.41, 5.74) is 3.63.